The number of hydrogen-bond donors (Lipinski definition) is 2. The molecule has 0 aliphatic carbocycles. The van der Waals surface area contributed by atoms with Gasteiger partial charge in [-0.2, -0.15) is 0 Å². The number of carbonyl (C=O) groups is 1. The van der Waals surface area contributed by atoms with Crippen LogP contribution in [0.5, 0.6) is 5.75 Å². The van der Waals surface area contributed by atoms with Crippen molar-refractivity contribution in [1.82, 2.24) is 0 Å². The van der Waals surface area contributed by atoms with Crippen LogP contribution in [-0.4, -0.2) is 40.8 Å². The quantitative estimate of drug-likeness (QED) is 0.568. The molecule has 0 saturated carbocycles. The van der Waals surface area contributed by atoms with E-state index in [0.29, 0.717) is 5.56 Å². The summed E-state index contributed by atoms with van der Waals surface area (Å²) < 4.78 is 70.1. The van der Waals surface area contributed by atoms with Crippen molar-refractivity contribution in [2.24, 2.45) is 0 Å². The van der Waals surface area contributed by atoms with Gasteiger partial charge >= 0.3 is 5.97 Å². The molecule has 8 nitrogen and oxygen atoms in total. The van der Waals surface area contributed by atoms with Gasteiger partial charge in [-0.1, -0.05) is 6.07 Å². The van der Waals surface area contributed by atoms with Crippen molar-refractivity contribution in [3.63, 3.8) is 0 Å². The molecule has 0 bridgehead atoms. The van der Waals surface area contributed by atoms with E-state index in [9.17, 15) is 26.0 Å². The molecule has 0 spiro atoms. The van der Waals surface area contributed by atoms with Gasteiger partial charge < -0.3 is 9.84 Å². The SMILES string of the molecule is Cc1ccc(S(C)(=O)=O)cc1NS(=O)(=O)c1ccc(OCCCC(=O)O)c(F)c1. The molecule has 158 valence electrons. The third-order valence-corrected chi connectivity index (χ3v) is 6.36. The Kier molecular flexibility index (Phi) is 6.85. The number of benzene rings is 2. The number of aliphatic carboxylic acids is 1. The number of nitrogens with one attached hydrogen (secondary N) is 1. The standard InChI is InChI=1S/C18H20FNO7S2/c1-12-5-6-13(28(2,23)24)11-16(12)20-29(25,26)14-7-8-17(15(19)10-14)27-9-3-4-18(21)22/h5-8,10-11,20H,3-4,9H2,1-2H3,(H,21,22). The minimum Gasteiger partial charge on any atom is -0.491 e. The Bertz CT molecular complexity index is 1130. The fourth-order valence-electron chi connectivity index (χ4n) is 2.32. The molecule has 0 radical (unpaired) electrons. The number of sulfonamides is 1. The number of ether oxygens (including phenoxy) is 1. The van der Waals surface area contributed by atoms with Gasteiger partial charge in [0.25, 0.3) is 10.0 Å². The maximum absolute atomic E-state index is 14.2. The number of halogens is 1. The summed E-state index contributed by atoms with van der Waals surface area (Å²) in [6.45, 7) is 1.56. The number of carboxylic acid groups (broad SMARTS) is 1. The number of rotatable bonds is 9. The van der Waals surface area contributed by atoms with E-state index in [2.05, 4.69) is 4.72 Å². The Balaban J connectivity index is 2.22. The minimum absolute atomic E-state index is 0.0367. The van der Waals surface area contributed by atoms with Gasteiger partial charge in [-0.25, -0.2) is 21.2 Å². The normalized spacial score (nSPS) is 11.8. The van der Waals surface area contributed by atoms with Crippen LogP contribution in [0.3, 0.4) is 0 Å². The summed E-state index contributed by atoms with van der Waals surface area (Å²) in [6, 6.07) is 7.04. The van der Waals surface area contributed by atoms with Gasteiger partial charge in [-0.3, -0.25) is 9.52 Å². The molecule has 0 unspecified atom stereocenters. The van der Waals surface area contributed by atoms with Crippen LogP contribution in [0.2, 0.25) is 0 Å². The van der Waals surface area contributed by atoms with Crippen LogP contribution in [0.4, 0.5) is 10.1 Å². The molecular weight excluding hydrogens is 425 g/mol. The van der Waals surface area contributed by atoms with Gasteiger partial charge in [0.2, 0.25) is 0 Å². The third kappa shape index (κ3) is 6.16. The lowest BCUT2D eigenvalue weighted by Crippen LogP contribution is -2.15. The predicted octanol–water partition coefficient (Wildman–Crippen LogP) is 2.58. The van der Waals surface area contributed by atoms with Crippen LogP contribution >= 0.6 is 0 Å². The highest BCUT2D eigenvalue weighted by atomic mass is 32.2. The molecule has 0 heterocycles. The fourth-order valence-corrected chi connectivity index (χ4v) is 4.10. The molecule has 0 aliphatic heterocycles. The van der Waals surface area contributed by atoms with Crippen molar-refractivity contribution in [3.8, 4) is 5.75 Å². The predicted molar refractivity (Wildman–Crippen MR) is 104 cm³/mol. The number of anilines is 1. The molecule has 0 aliphatic rings. The fraction of sp³-hybridized carbons (Fsp3) is 0.278. The summed E-state index contributed by atoms with van der Waals surface area (Å²) in [4.78, 5) is 10.0. The van der Waals surface area contributed by atoms with E-state index < -0.39 is 31.6 Å². The number of hydrogen-bond acceptors (Lipinski definition) is 6. The molecule has 11 heteroatoms. The topological polar surface area (TPSA) is 127 Å². The maximum Gasteiger partial charge on any atom is 0.303 e. The molecule has 2 aromatic rings. The van der Waals surface area contributed by atoms with Crippen molar-refractivity contribution < 1.29 is 35.9 Å². The molecule has 0 atom stereocenters. The first kappa shape index (κ1) is 22.6. The summed E-state index contributed by atoms with van der Waals surface area (Å²) >= 11 is 0. The van der Waals surface area contributed by atoms with Crippen LogP contribution in [0.25, 0.3) is 0 Å². The summed E-state index contributed by atoms with van der Waals surface area (Å²) in [7, 11) is -7.73. The van der Waals surface area contributed by atoms with Crippen molar-refractivity contribution in [2.75, 3.05) is 17.6 Å². The van der Waals surface area contributed by atoms with Gasteiger partial charge in [0.05, 0.1) is 22.1 Å². The maximum atomic E-state index is 14.2. The molecule has 0 saturated heterocycles. The van der Waals surface area contributed by atoms with Crippen LogP contribution in [0.1, 0.15) is 18.4 Å². The molecule has 0 fully saturated rings. The molecular formula is C18H20FNO7S2. The summed E-state index contributed by atoms with van der Waals surface area (Å²) in [5.41, 5.74) is 0.544. The zero-order chi connectivity index (χ0) is 21.8. The van der Waals surface area contributed by atoms with Gasteiger partial charge in [-0.15, -0.1) is 0 Å². The van der Waals surface area contributed by atoms with E-state index in [4.69, 9.17) is 9.84 Å². The first-order chi connectivity index (χ1) is 13.4. The first-order valence-electron chi connectivity index (χ1n) is 8.38. The lowest BCUT2D eigenvalue weighted by Gasteiger charge is -2.13. The molecule has 0 aromatic heterocycles. The average molecular weight is 445 g/mol. The van der Waals surface area contributed by atoms with E-state index in [1.165, 1.54) is 18.2 Å². The monoisotopic (exact) mass is 445 g/mol. The van der Waals surface area contributed by atoms with E-state index in [1.54, 1.807) is 6.92 Å². The molecule has 2 aromatic carbocycles. The van der Waals surface area contributed by atoms with Gasteiger partial charge in [0.1, 0.15) is 0 Å². The second-order valence-corrected chi connectivity index (χ2v) is 9.99. The van der Waals surface area contributed by atoms with Gasteiger partial charge in [-0.05, 0) is 49.2 Å². The highest BCUT2D eigenvalue weighted by Crippen LogP contribution is 2.26. The van der Waals surface area contributed by atoms with Crippen molar-refractivity contribution >= 4 is 31.5 Å². The Morgan fingerprint density at radius 1 is 1.10 bits per heavy atom. The van der Waals surface area contributed by atoms with E-state index in [0.717, 1.165) is 24.5 Å². The van der Waals surface area contributed by atoms with Gasteiger partial charge in [0, 0.05) is 12.7 Å². The Hall–Kier alpha value is -2.66. The molecule has 2 rings (SSSR count). The van der Waals surface area contributed by atoms with Crippen molar-refractivity contribution in [3.05, 3.63) is 47.8 Å². The van der Waals surface area contributed by atoms with Crippen molar-refractivity contribution in [2.45, 2.75) is 29.6 Å². The lowest BCUT2D eigenvalue weighted by molar-refractivity contribution is -0.137. The Morgan fingerprint density at radius 2 is 1.76 bits per heavy atom. The Labute approximate surface area is 168 Å². The molecule has 29 heavy (non-hydrogen) atoms. The minimum atomic E-state index is -4.19. The van der Waals surface area contributed by atoms with E-state index in [-0.39, 0.29) is 40.7 Å². The van der Waals surface area contributed by atoms with E-state index in [1.807, 2.05) is 0 Å². The largest absolute Gasteiger partial charge is 0.491 e. The van der Waals surface area contributed by atoms with E-state index >= 15 is 0 Å². The van der Waals surface area contributed by atoms with Gasteiger partial charge in [0.15, 0.2) is 21.4 Å². The summed E-state index contributed by atoms with van der Waals surface area (Å²) in [5, 5.41) is 8.56. The second kappa shape index (κ2) is 8.78. The highest BCUT2D eigenvalue weighted by molar-refractivity contribution is 7.92. The molecule has 2 N–H and O–H groups in total. The third-order valence-electron chi connectivity index (χ3n) is 3.89. The second-order valence-electron chi connectivity index (χ2n) is 6.29. The number of carboxylic acids is 1. The zero-order valence-corrected chi connectivity index (χ0v) is 17.3. The number of sulfone groups is 1. The first-order valence-corrected chi connectivity index (χ1v) is 11.8. The smallest absolute Gasteiger partial charge is 0.303 e. The van der Waals surface area contributed by atoms with Crippen LogP contribution < -0.4 is 9.46 Å². The van der Waals surface area contributed by atoms with Crippen LogP contribution in [0, 0.1) is 12.7 Å². The van der Waals surface area contributed by atoms with Crippen molar-refractivity contribution in [1.29, 1.82) is 0 Å². The average Bonchev–Trinajstić information content (AvgIpc) is 2.60. The lowest BCUT2D eigenvalue weighted by atomic mass is 10.2. The zero-order valence-electron chi connectivity index (χ0n) is 15.7. The highest BCUT2D eigenvalue weighted by Gasteiger charge is 2.19. The number of aryl methyl sites for hydroxylation is 1. The van der Waals surface area contributed by atoms with Crippen LogP contribution in [0.15, 0.2) is 46.2 Å². The molecule has 0 amide bonds. The van der Waals surface area contributed by atoms with Crippen LogP contribution in [-0.2, 0) is 24.7 Å². The summed E-state index contributed by atoms with van der Waals surface area (Å²) in [5.74, 6) is -2.13. The summed E-state index contributed by atoms with van der Waals surface area (Å²) in [6.07, 6.45) is 1.04. The Morgan fingerprint density at radius 3 is 2.34 bits per heavy atom.